The van der Waals surface area contributed by atoms with Gasteiger partial charge in [-0.2, -0.15) is 0 Å². The van der Waals surface area contributed by atoms with Gasteiger partial charge < -0.3 is 9.30 Å². The van der Waals surface area contributed by atoms with Gasteiger partial charge in [-0.3, -0.25) is 0 Å². The average Bonchev–Trinajstić information content (AvgIpc) is 3.02. The van der Waals surface area contributed by atoms with Crippen LogP contribution < -0.4 is 0 Å². The molecular weight excluding hydrogens is 312 g/mol. The first kappa shape index (κ1) is 15.3. The summed E-state index contributed by atoms with van der Waals surface area (Å²) in [6, 6.07) is 16.5. The van der Waals surface area contributed by atoms with Crippen molar-refractivity contribution in [3.05, 3.63) is 89.0 Å². The lowest BCUT2D eigenvalue weighted by Crippen LogP contribution is -2.10. The van der Waals surface area contributed by atoms with Crippen LogP contribution in [-0.2, 0) is 17.9 Å². The molecule has 4 nitrogen and oxygen atoms in total. The van der Waals surface area contributed by atoms with Gasteiger partial charge in [0.1, 0.15) is 12.4 Å². The zero-order valence-electron chi connectivity index (χ0n) is 12.4. The molecule has 1 aromatic heterocycles. The molecule has 0 amide bonds. The minimum absolute atomic E-state index is 0.133. The summed E-state index contributed by atoms with van der Waals surface area (Å²) >= 11 is 5.89. The number of nitrogens with zero attached hydrogens (tertiary/aromatic N) is 2. The molecule has 23 heavy (non-hydrogen) atoms. The van der Waals surface area contributed by atoms with Crippen molar-refractivity contribution >= 4 is 17.6 Å². The average molecular weight is 327 g/mol. The molecule has 2 aromatic carbocycles. The quantitative estimate of drug-likeness (QED) is 0.667. The van der Waals surface area contributed by atoms with E-state index in [4.69, 9.17) is 16.3 Å². The van der Waals surface area contributed by atoms with Crippen molar-refractivity contribution < 1.29 is 9.53 Å². The fourth-order valence-electron chi connectivity index (χ4n) is 2.20. The van der Waals surface area contributed by atoms with Gasteiger partial charge in [-0.05, 0) is 29.8 Å². The fourth-order valence-corrected chi connectivity index (χ4v) is 2.32. The van der Waals surface area contributed by atoms with E-state index in [1.165, 1.54) is 0 Å². The van der Waals surface area contributed by atoms with Crippen LogP contribution in [0.25, 0.3) is 0 Å². The van der Waals surface area contributed by atoms with Crippen molar-refractivity contribution in [2.24, 2.45) is 0 Å². The van der Waals surface area contributed by atoms with Crippen molar-refractivity contribution in [3.8, 4) is 0 Å². The topological polar surface area (TPSA) is 44.1 Å². The van der Waals surface area contributed by atoms with Crippen LogP contribution in [0.2, 0.25) is 5.02 Å². The van der Waals surface area contributed by atoms with Crippen molar-refractivity contribution in [1.82, 2.24) is 9.55 Å². The second-order valence-corrected chi connectivity index (χ2v) is 5.48. The Hall–Kier alpha value is -2.59. The molecule has 0 saturated carbocycles. The van der Waals surface area contributed by atoms with Gasteiger partial charge in [0.2, 0.25) is 0 Å². The van der Waals surface area contributed by atoms with Crippen LogP contribution in [-0.4, -0.2) is 15.5 Å². The van der Waals surface area contributed by atoms with Crippen LogP contribution in [0.3, 0.4) is 0 Å². The maximum atomic E-state index is 12.0. The number of ether oxygens (including phenoxy) is 1. The number of carbonyl (C=O) groups excluding carboxylic acids is 1. The first-order valence-corrected chi connectivity index (χ1v) is 7.57. The second-order valence-electron chi connectivity index (χ2n) is 5.04. The summed E-state index contributed by atoms with van der Waals surface area (Å²) in [5, 5.41) is 0.705. The Morgan fingerprint density at radius 3 is 2.57 bits per heavy atom. The highest BCUT2D eigenvalue weighted by molar-refractivity contribution is 6.30. The number of halogens is 1. The number of rotatable bonds is 5. The molecule has 0 atom stereocenters. The van der Waals surface area contributed by atoms with Crippen LogP contribution in [0, 0.1) is 0 Å². The van der Waals surface area contributed by atoms with Crippen LogP contribution >= 0.6 is 11.6 Å². The van der Waals surface area contributed by atoms with Gasteiger partial charge in [-0.25, -0.2) is 9.78 Å². The van der Waals surface area contributed by atoms with Gasteiger partial charge in [0.25, 0.3) is 0 Å². The SMILES string of the molecule is O=C(OCc1nccn1Cc1ccc(Cl)cc1)c1ccccc1. The molecule has 0 unspecified atom stereocenters. The molecule has 0 fully saturated rings. The molecule has 1 heterocycles. The number of benzene rings is 2. The lowest BCUT2D eigenvalue weighted by molar-refractivity contribution is 0.0458. The molecule has 0 aliphatic rings. The number of hydrogen-bond acceptors (Lipinski definition) is 3. The predicted molar refractivity (Wildman–Crippen MR) is 88.3 cm³/mol. The lowest BCUT2D eigenvalue weighted by atomic mass is 10.2. The van der Waals surface area contributed by atoms with Crippen LogP contribution in [0.15, 0.2) is 67.0 Å². The van der Waals surface area contributed by atoms with Crippen molar-refractivity contribution in [2.45, 2.75) is 13.2 Å². The fraction of sp³-hybridized carbons (Fsp3) is 0.111. The summed E-state index contributed by atoms with van der Waals surface area (Å²) in [4.78, 5) is 16.2. The second kappa shape index (κ2) is 7.11. The van der Waals surface area contributed by atoms with Gasteiger partial charge in [0.05, 0.1) is 5.56 Å². The lowest BCUT2D eigenvalue weighted by Gasteiger charge is -2.09. The third-order valence-electron chi connectivity index (χ3n) is 3.41. The minimum Gasteiger partial charge on any atom is -0.454 e. The van der Waals surface area contributed by atoms with Crippen molar-refractivity contribution in [2.75, 3.05) is 0 Å². The maximum Gasteiger partial charge on any atom is 0.338 e. The summed E-state index contributed by atoms with van der Waals surface area (Å²) in [7, 11) is 0. The molecule has 0 saturated heterocycles. The van der Waals surface area contributed by atoms with Crippen LogP contribution in [0.5, 0.6) is 0 Å². The van der Waals surface area contributed by atoms with E-state index < -0.39 is 0 Å². The summed E-state index contributed by atoms with van der Waals surface area (Å²) in [6.07, 6.45) is 3.56. The first-order chi connectivity index (χ1) is 11.2. The van der Waals surface area contributed by atoms with E-state index in [0.29, 0.717) is 23.0 Å². The molecule has 0 aliphatic heterocycles. The molecule has 3 aromatic rings. The summed E-state index contributed by atoms with van der Waals surface area (Å²) in [5.74, 6) is 0.343. The standard InChI is InChI=1S/C18H15ClN2O2/c19-16-8-6-14(7-9-16)12-21-11-10-20-17(21)13-23-18(22)15-4-2-1-3-5-15/h1-11H,12-13H2. The zero-order chi connectivity index (χ0) is 16.1. The maximum absolute atomic E-state index is 12.0. The van der Waals surface area contributed by atoms with Gasteiger partial charge in [-0.15, -0.1) is 0 Å². The Kier molecular flexibility index (Phi) is 4.74. The zero-order valence-corrected chi connectivity index (χ0v) is 13.1. The largest absolute Gasteiger partial charge is 0.454 e. The Balaban J connectivity index is 1.64. The van der Waals surface area contributed by atoms with E-state index in [1.807, 2.05) is 41.1 Å². The van der Waals surface area contributed by atoms with E-state index in [9.17, 15) is 4.79 Å². The van der Waals surface area contributed by atoms with Crippen molar-refractivity contribution in [3.63, 3.8) is 0 Å². The van der Waals surface area contributed by atoms with E-state index in [1.54, 1.807) is 30.5 Å². The third kappa shape index (κ3) is 3.99. The molecule has 0 bridgehead atoms. The van der Waals surface area contributed by atoms with Crippen LogP contribution in [0.1, 0.15) is 21.7 Å². The van der Waals surface area contributed by atoms with E-state index in [0.717, 1.165) is 5.56 Å². The minimum atomic E-state index is -0.355. The Bertz CT molecular complexity index is 782. The van der Waals surface area contributed by atoms with E-state index >= 15 is 0 Å². The normalized spacial score (nSPS) is 10.5. The Labute approximate surface area is 139 Å². The number of esters is 1. The van der Waals surface area contributed by atoms with Crippen molar-refractivity contribution in [1.29, 1.82) is 0 Å². The highest BCUT2D eigenvalue weighted by Crippen LogP contribution is 2.12. The van der Waals surface area contributed by atoms with E-state index in [2.05, 4.69) is 4.98 Å². The summed E-state index contributed by atoms with van der Waals surface area (Å²) < 4.78 is 7.27. The monoisotopic (exact) mass is 326 g/mol. The van der Waals surface area contributed by atoms with Gasteiger partial charge in [0, 0.05) is 24.0 Å². The number of hydrogen-bond donors (Lipinski definition) is 0. The van der Waals surface area contributed by atoms with E-state index in [-0.39, 0.29) is 12.6 Å². The molecular formula is C18H15ClN2O2. The van der Waals surface area contributed by atoms with Crippen LogP contribution in [0.4, 0.5) is 0 Å². The summed E-state index contributed by atoms with van der Waals surface area (Å²) in [6.45, 7) is 0.781. The molecule has 0 aliphatic carbocycles. The predicted octanol–water partition coefficient (Wildman–Crippen LogP) is 3.94. The number of imidazole rings is 1. The molecule has 0 N–H and O–H groups in total. The highest BCUT2D eigenvalue weighted by atomic mass is 35.5. The molecule has 116 valence electrons. The molecule has 0 radical (unpaired) electrons. The third-order valence-corrected chi connectivity index (χ3v) is 3.66. The smallest absolute Gasteiger partial charge is 0.338 e. The van der Waals surface area contributed by atoms with Gasteiger partial charge >= 0.3 is 5.97 Å². The number of carbonyl (C=O) groups is 1. The molecule has 0 spiro atoms. The number of aromatic nitrogens is 2. The summed E-state index contributed by atoms with van der Waals surface area (Å²) in [5.41, 5.74) is 1.63. The molecule has 5 heteroatoms. The Morgan fingerprint density at radius 2 is 1.83 bits per heavy atom. The highest BCUT2D eigenvalue weighted by Gasteiger charge is 2.09. The Morgan fingerprint density at radius 1 is 1.09 bits per heavy atom. The van der Waals surface area contributed by atoms with Gasteiger partial charge in [0.15, 0.2) is 0 Å². The molecule has 3 rings (SSSR count). The van der Waals surface area contributed by atoms with Gasteiger partial charge in [-0.1, -0.05) is 41.9 Å². The first-order valence-electron chi connectivity index (χ1n) is 7.19.